The van der Waals surface area contributed by atoms with Gasteiger partial charge in [0.15, 0.2) is 0 Å². The largest absolute Gasteiger partial charge is 0.206 e. The van der Waals surface area contributed by atoms with Crippen LogP contribution in [-0.2, 0) is 0 Å². The molecule has 0 saturated carbocycles. The Labute approximate surface area is 236 Å². The van der Waals surface area contributed by atoms with Crippen LogP contribution in [0.5, 0.6) is 0 Å². The van der Waals surface area contributed by atoms with Crippen molar-refractivity contribution >= 4 is 8.41 Å². The second kappa shape index (κ2) is 15.6. The van der Waals surface area contributed by atoms with Crippen molar-refractivity contribution in [3.8, 4) is 33.4 Å². The average molecular weight is 530 g/mol. The molecular formula is C36H30BF3. The number of rotatable bonds is 3. The van der Waals surface area contributed by atoms with E-state index in [9.17, 15) is 13.2 Å². The molecule has 0 fully saturated rings. The SMILES string of the molecule is B.Fc1ccccc1-c1ccccc1.Fc1ccccc1-c1ccccc1.Fc1ccccc1-c1ccccc1. The molecule has 0 nitrogen and oxygen atoms in total. The van der Waals surface area contributed by atoms with Gasteiger partial charge in [-0.1, -0.05) is 146 Å². The normalized spacial score (nSPS) is 9.68. The summed E-state index contributed by atoms with van der Waals surface area (Å²) in [4.78, 5) is 0. The first-order valence-electron chi connectivity index (χ1n) is 12.5. The Morgan fingerprint density at radius 1 is 0.250 bits per heavy atom. The van der Waals surface area contributed by atoms with Crippen LogP contribution >= 0.6 is 0 Å². The minimum absolute atomic E-state index is 0. The molecule has 0 aromatic heterocycles. The van der Waals surface area contributed by atoms with Gasteiger partial charge in [0.1, 0.15) is 17.5 Å². The van der Waals surface area contributed by atoms with Crippen LogP contribution in [0.4, 0.5) is 13.2 Å². The molecule has 0 N–H and O–H groups in total. The molecule has 6 rings (SSSR count). The van der Waals surface area contributed by atoms with Crippen molar-refractivity contribution in [2.24, 2.45) is 0 Å². The maximum absolute atomic E-state index is 13.3. The van der Waals surface area contributed by atoms with E-state index < -0.39 is 0 Å². The van der Waals surface area contributed by atoms with Crippen LogP contribution < -0.4 is 0 Å². The third-order valence-electron chi connectivity index (χ3n) is 5.88. The first-order chi connectivity index (χ1) is 19.1. The molecule has 0 unspecified atom stereocenters. The highest BCUT2D eigenvalue weighted by Gasteiger charge is 2.03. The van der Waals surface area contributed by atoms with Gasteiger partial charge in [-0.25, -0.2) is 13.2 Å². The second-order valence-electron chi connectivity index (χ2n) is 8.54. The molecule has 0 heterocycles. The molecule has 0 atom stereocenters. The predicted molar refractivity (Wildman–Crippen MR) is 165 cm³/mol. The lowest BCUT2D eigenvalue weighted by Crippen LogP contribution is -1.81. The smallest absolute Gasteiger partial charge is 0.131 e. The van der Waals surface area contributed by atoms with Gasteiger partial charge < -0.3 is 0 Å². The minimum Gasteiger partial charge on any atom is -0.206 e. The molecular weight excluding hydrogens is 500 g/mol. The maximum atomic E-state index is 13.3. The summed E-state index contributed by atoms with van der Waals surface area (Å²) in [6, 6.07) is 49.0. The van der Waals surface area contributed by atoms with Gasteiger partial charge >= 0.3 is 0 Å². The molecule has 4 heteroatoms. The van der Waals surface area contributed by atoms with Gasteiger partial charge in [-0.15, -0.1) is 0 Å². The van der Waals surface area contributed by atoms with Crippen LogP contribution in [0.25, 0.3) is 33.4 Å². The Morgan fingerprint density at radius 2 is 0.450 bits per heavy atom. The molecule has 0 radical (unpaired) electrons. The summed E-state index contributed by atoms with van der Waals surface area (Å²) in [6.07, 6.45) is 0. The average Bonchev–Trinajstić information content (AvgIpc) is 3.00. The lowest BCUT2D eigenvalue weighted by atomic mass is 10.1. The third-order valence-corrected chi connectivity index (χ3v) is 5.88. The zero-order valence-electron chi connectivity index (χ0n) is 21.2. The van der Waals surface area contributed by atoms with E-state index in [2.05, 4.69) is 0 Å². The van der Waals surface area contributed by atoms with Crippen LogP contribution in [0.2, 0.25) is 0 Å². The van der Waals surface area contributed by atoms with E-state index in [1.165, 1.54) is 18.2 Å². The van der Waals surface area contributed by atoms with Crippen molar-refractivity contribution in [1.82, 2.24) is 0 Å². The second-order valence-corrected chi connectivity index (χ2v) is 8.54. The van der Waals surface area contributed by atoms with E-state index in [0.717, 1.165) is 16.7 Å². The first kappa shape index (κ1) is 29.7. The van der Waals surface area contributed by atoms with Gasteiger partial charge in [0.2, 0.25) is 0 Å². The predicted octanol–water partition coefficient (Wildman–Crippen LogP) is 9.29. The van der Waals surface area contributed by atoms with Gasteiger partial charge in [-0.05, 0) is 34.9 Å². The fourth-order valence-corrected chi connectivity index (χ4v) is 3.94. The first-order valence-corrected chi connectivity index (χ1v) is 12.5. The Balaban J connectivity index is 0.000000163. The molecule has 0 aliphatic heterocycles. The van der Waals surface area contributed by atoms with Gasteiger partial charge in [-0.3, -0.25) is 0 Å². The molecule has 6 aromatic carbocycles. The topological polar surface area (TPSA) is 0 Å². The summed E-state index contributed by atoms with van der Waals surface area (Å²) >= 11 is 0. The Kier molecular flexibility index (Phi) is 11.6. The van der Waals surface area contributed by atoms with E-state index in [1.807, 2.05) is 109 Å². The quantitative estimate of drug-likeness (QED) is 0.200. The summed E-state index contributed by atoms with van der Waals surface area (Å²) in [6.45, 7) is 0. The lowest BCUT2D eigenvalue weighted by Gasteiger charge is -2.01. The van der Waals surface area contributed by atoms with E-state index in [4.69, 9.17) is 0 Å². The summed E-state index contributed by atoms with van der Waals surface area (Å²) in [5, 5.41) is 0. The lowest BCUT2D eigenvalue weighted by molar-refractivity contribution is 0.631. The highest BCUT2D eigenvalue weighted by atomic mass is 19.1. The van der Waals surface area contributed by atoms with E-state index in [0.29, 0.717) is 16.7 Å². The van der Waals surface area contributed by atoms with E-state index in [1.54, 1.807) is 36.4 Å². The van der Waals surface area contributed by atoms with Crippen LogP contribution in [0.1, 0.15) is 0 Å². The van der Waals surface area contributed by atoms with Gasteiger partial charge in [0.25, 0.3) is 0 Å². The van der Waals surface area contributed by atoms with Crippen LogP contribution in [-0.4, -0.2) is 8.41 Å². The number of hydrogen-bond donors (Lipinski definition) is 0. The summed E-state index contributed by atoms with van der Waals surface area (Å²) in [5.41, 5.74) is 4.72. The zero-order valence-corrected chi connectivity index (χ0v) is 21.2. The molecule has 198 valence electrons. The van der Waals surface area contributed by atoms with Crippen molar-refractivity contribution < 1.29 is 13.2 Å². The molecule has 0 aliphatic rings. The molecule has 40 heavy (non-hydrogen) atoms. The Morgan fingerprint density at radius 3 is 0.675 bits per heavy atom. The fourth-order valence-electron chi connectivity index (χ4n) is 3.94. The van der Waals surface area contributed by atoms with Crippen molar-refractivity contribution in [1.29, 1.82) is 0 Å². The third kappa shape index (κ3) is 8.34. The summed E-state index contributed by atoms with van der Waals surface area (Å²) < 4.78 is 39.8. The summed E-state index contributed by atoms with van der Waals surface area (Å²) in [5.74, 6) is -0.517. The Hall–Kier alpha value is -4.83. The monoisotopic (exact) mass is 530 g/mol. The number of benzene rings is 6. The van der Waals surface area contributed by atoms with Gasteiger partial charge in [-0.2, -0.15) is 0 Å². The van der Waals surface area contributed by atoms with Crippen molar-refractivity contribution in [3.05, 3.63) is 181 Å². The highest BCUT2D eigenvalue weighted by molar-refractivity contribution is 5.75. The van der Waals surface area contributed by atoms with E-state index in [-0.39, 0.29) is 25.9 Å². The minimum atomic E-state index is -0.172. The zero-order chi connectivity index (χ0) is 27.3. The Bertz CT molecular complexity index is 1380. The molecule has 0 aliphatic carbocycles. The molecule has 0 spiro atoms. The fraction of sp³-hybridized carbons (Fsp3) is 0. The molecule has 0 amide bonds. The van der Waals surface area contributed by atoms with Gasteiger partial charge in [0, 0.05) is 16.7 Å². The van der Waals surface area contributed by atoms with Crippen molar-refractivity contribution in [2.45, 2.75) is 0 Å². The van der Waals surface area contributed by atoms with Crippen molar-refractivity contribution in [2.75, 3.05) is 0 Å². The molecule has 0 bridgehead atoms. The maximum Gasteiger partial charge on any atom is 0.131 e. The van der Waals surface area contributed by atoms with Gasteiger partial charge in [0.05, 0.1) is 8.41 Å². The molecule has 0 saturated heterocycles. The number of hydrogen-bond acceptors (Lipinski definition) is 0. The van der Waals surface area contributed by atoms with Crippen LogP contribution in [0.3, 0.4) is 0 Å². The van der Waals surface area contributed by atoms with E-state index >= 15 is 0 Å². The van der Waals surface area contributed by atoms with Crippen LogP contribution in [0.15, 0.2) is 164 Å². The van der Waals surface area contributed by atoms with Crippen LogP contribution in [0, 0.1) is 17.5 Å². The highest BCUT2D eigenvalue weighted by Crippen LogP contribution is 2.23. The standard InChI is InChI=1S/3C12H9F.BH3/c3*13-12-9-5-4-8-11(12)10-6-2-1-3-7-10;/h3*1-9H;1H3. The summed E-state index contributed by atoms with van der Waals surface area (Å²) in [7, 11) is 0. The number of halogens is 3. The van der Waals surface area contributed by atoms with Crippen molar-refractivity contribution in [3.63, 3.8) is 0 Å². The molecule has 6 aromatic rings.